The molecule has 4 atom stereocenters. The van der Waals surface area contributed by atoms with E-state index in [1.807, 2.05) is 0 Å². The molecule has 1 saturated heterocycles. The van der Waals surface area contributed by atoms with Crippen molar-refractivity contribution in [3.63, 3.8) is 0 Å². The minimum absolute atomic E-state index is 0.165. The van der Waals surface area contributed by atoms with E-state index >= 15 is 0 Å². The van der Waals surface area contributed by atoms with Crippen LogP contribution in [0.2, 0.25) is 0 Å². The second-order valence-electron chi connectivity index (χ2n) is 7.02. The maximum absolute atomic E-state index is 11.8. The highest BCUT2D eigenvalue weighted by molar-refractivity contribution is 5.94. The summed E-state index contributed by atoms with van der Waals surface area (Å²) in [5.74, 6) is 6.41. The molecule has 0 saturated carbocycles. The Morgan fingerprint density at radius 3 is 2.73 bits per heavy atom. The van der Waals surface area contributed by atoms with E-state index in [-0.39, 0.29) is 18.9 Å². The number of rotatable bonds is 4. The SMILES string of the molecule is CNC(=O)c1cccc(C#Cc2cc([C@H]3O[C@H](CO)C[C@H](O)[C@@H]3O)ccc2OC)c1. The van der Waals surface area contributed by atoms with Gasteiger partial charge in [-0.15, -0.1) is 0 Å². The number of amides is 1. The summed E-state index contributed by atoms with van der Waals surface area (Å²) >= 11 is 0. The Hall–Kier alpha value is -2.89. The van der Waals surface area contributed by atoms with E-state index in [4.69, 9.17) is 9.47 Å². The number of ether oxygens (including phenoxy) is 2. The third-order valence-corrected chi connectivity index (χ3v) is 5.00. The molecule has 1 heterocycles. The van der Waals surface area contributed by atoms with Crippen LogP contribution in [0.15, 0.2) is 42.5 Å². The van der Waals surface area contributed by atoms with Gasteiger partial charge in [-0.2, -0.15) is 0 Å². The van der Waals surface area contributed by atoms with Crippen molar-refractivity contribution < 1.29 is 29.6 Å². The molecule has 30 heavy (non-hydrogen) atoms. The average Bonchev–Trinajstić information content (AvgIpc) is 2.78. The topological polar surface area (TPSA) is 108 Å². The van der Waals surface area contributed by atoms with Gasteiger partial charge in [0, 0.05) is 24.6 Å². The summed E-state index contributed by atoms with van der Waals surface area (Å²) in [6.45, 7) is -0.245. The Bertz CT molecular complexity index is 964. The maximum Gasteiger partial charge on any atom is 0.251 e. The van der Waals surface area contributed by atoms with Gasteiger partial charge in [0.05, 0.1) is 31.5 Å². The van der Waals surface area contributed by atoms with Crippen LogP contribution in [0.5, 0.6) is 5.75 Å². The van der Waals surface area contributed by atoms with Gasteiger partial charge in [0.2, 0.25) is 0 Å². The molecule has 0 aromatic heterocycles. The van der Waals surface area contributed by atoms with Crippen LogP contribution in [-0.4, -0.2) is 60.3 Å². The Labute approximate surface area is 175 Å². The van der Waals surface area contributed by atoms with Gasteiger partial charge in [-0.25, -0.2) is 0 Å². The van der Waals surface area contributed by atoms with E-state index in [0.717, 1.165) is 0 Å². The number of nitrogens with one attached hydrogen (secondary N) is 1. The summed E-state index contributed by atoms with van der Waals surface area (Å²) in [4.78, 5) is 11.8. The van der Waals surface area contributed by atoms with Crippen molar-refractivity contribution in [1.82, 2.24) is 5.32 Å². The van der Waals surface area contributed by atoms with Gasteiger partial charge in [-0.05, 0) is 35.9 Å². The standard InChI is InChI=1S/C23H25NO6/c1-24-23(28)17-5-3-4-14(10-17)6-7-15-11-16(8-9-20(15)29-2)22-21(27)19(26)12-18(13-25)30-22/h3-5,8-11,18-19,21-22,25-27H,12-13H2,1-2H3,(H,24,28)/t18-,19-,21-,22+/m0/s1. The molecule has 1 aliphatic heterocycles. The molecule has 0 radical (unpaired) electrons. The van der Waals surface area contributed by atoms with Crippen molar-refractivity contribution in [3.05, 3.63) is 64.7 Å². The lowest BCUT2D eigenvalue weighted by Crippen LogP contribution is -2.44. The van der Waals surface area contributed by atoms with Crippen molar-refractivity contribution in [1.29, 1.82) is 0 Å². The smallest absolute Gasteiger partial charge is 0.251 e. The summed E-state index contributed by atoms with van der Waals surface area (Å²) in [6.07, 6.45) is -3.30. The van der Waals surface area contributed by atoms with Crippen LogP contribution >= 0.6 is 0 Å². The monoisotopic (exact) mass is 411 g/mol. The lowest BCUT2D eigenvalue weighted by Gasteiger charge is -2.36. The largest absolute Gasteiger partial charge is 0.495 e. The Morgan fingerprint density at radius 2 is 2.03 bits per heavy atom. The van der Waals surface area contributed by atoms with E-state index < -0.39 is 24.4 Å². The van der Waals surface area contributed by atoms with Crippen molar-refractivity contribution >= 4 is 5.91 Å². The molecule has 1 aliphatic rings. The summed E-state index contributed by atoms with van der Waals surface area (Å²) in [6, 6.07) is 12.1. The van der Waals surface area contributed by atoms with Crippen LogP contribution in [0.4, 0.5) is 0 Å². The molecule has 158 valence electrons. The molecular weight excluding hydrogens is 386 g/mol. The zero-order valence-corrected chi connectivity index (χ0v) is 16.8. The molecule has 7 nitrogen and oxygen atoms in total. The van der Waals surface area contributed by atoms with Gasteiger partial charge in [0.1, 0.15) is 18.0 Å². The molecular formula is C23H25NO6. The van der Waals surface area contributed by atoms with Crippen molar-refractivity contribution in [2.45, 2.75) is 30.8 Å². The molecule has 0 spiro atoms. The van der Waals surface area contributed by atoms with Crippen molar-refractivity contribution in [2.24, 2.45) is 0 Å². The lowest BCUT2D eigenvalue weighted by molar-refractivity contribution is -0.179. The number of benzene rings is 2. The molecule has 0 unspecified atom stereocenters. The number of hydrogen-bond donors (Lipinski definition) is 4. The van der Waals surface area contributed by atoms with Gasteiger partial charge in [-0.1, -0.05) is 24.0 Å². The average molecular weight is 411 g/mol. The summed E-state index contributed by atoms with van der Waals surface area (Å²) in [5.41, 5.74) is 2.35. The molecule has 3 rings (SSSR count). The fourth-order valence-electron chi connectivity index (χ4n) is 3.37. The van der Waals surface area contributed by atoms with Crippen LogP contribution < -0.4 is 10.1 Å². The van der Waals surface area contributed by atoms with Gasteiger partial charge in [-0.3, -0.25) is 4.79 Å². The van der Waals surface area contributed by atoms with Crippen molar-refractivity contribution in [2.75, 3.05) is 20.8 Å². The minimum atomic E-state index is -1.12. The molecule has 0 aliphatic carbocycles. The predicted octanol–water partition coefficient (Wildman–Crippen LogP) is 0.999. The van der Waals surface area contributed by atoms with Crippen molar-refractivity contribution in [3.8, 4) is 17.6 Å². The highest BCUT2D eigenvalue weighted by atomic mass is 16.5. The van der Waals surface area contributed by atoms with E-state index in [0.29, 0.717) is 28.0 Å². The fourth-order valence-corrected chi connectivity index (χ4v) is 3.37. The molecule has 1 amide bonds. The first kappa shape index (κ1) is 21.8. The van der Waals surface area contributed by atoms with E-state index in [9.17, 15) is 20.1 Å². The van der Waals surface area contributed by atoms with Crippen LogP contribution in [0.3, 0.4) is 0 Å². The number of carbonyl (C=O) groups excluding carboxylic acids is 1. The third-order valence-electron chi connectivity index (χ3n) is 5.00. The second-order valence-corrected chi connectivity index (χ2v) is 7.02. The second kappa shape index (κ2) is 9.74. The number of methoxy groups -OCH3 is 1. The zero-order chi connectivity index (χ0) is 21.7. The van der Waals surface area contributed by atoms with Gasteiger partial charge >= 0.3 is 0 Å². The Kier molecular flexibility index (Phi) is 7.08. The predicted molar refractivity (Wildman–Crippen MR) is 110 cm³/mol. The van der Waals surface area contributed by atoms with E-state index in [1.165, 1.54) is 7.11 Å². The maximum atomic E-state index is 11.8. The molecule has 2 aromatic rings. The van der Waals surface area contributed by atoms with Gasteiger partial charge in [0.15, 0.2) is 0 Å². The molecule has 1 fully saturated rings. The normalized spacial score (nSPS) is 23.2. The number of hydrogen-bond acceptors (Lipinski definition) is 6. The molecule has 0 bridgehead atoms. The van der Waals surface area contributed by atoms with Gasteiger partial charge in [0.25, 0.3) is 5.91 Å². The van der Waals surface area contributed by atoms with E-state index in [1.54, 1.807) is 49.5 Å². The van der Waals surface area contributed by atoms with Crippen LogP contribution in [0, 0.1) is 11.8 Å². The molecule has 2 aromatic carbocycles. The first-order chi connectivity index (χ1) is 14.5. The Morgan fingerprint density at radius 1 is 1.23 bits per heavy atom. The van der Waals surface area contributed by atoms with Gasteiger partial charge < -0.3 is 30.1 Å². The highest BCUT2D eigenvalue weighted by Crippen LogP contribution is 2.34. The van der Waals surface area contributed by atoms with Crippen LogP contribution in [0.25, 0.3) is 0 Å². The quantitative estimate of drug-likeness (QED) is 0.559. The Balaban J connectivity index is 1.93. The van der Waals surface area contributed by atoms with Crippen LogP contribution in [0.1, 0.15) is 39.6 Å². The fraction of sp³-hybridized carbons (Fsp3) is 0.348. The molecule has 4 N–H and O–H groups in total. The first-order valence-electron chi connectivity index (χ1n) is 9.61. The lowest BCUT2D eigenvalue weighted by atomic mass is 9.92. The number of aliphatic hydroxyl groups is 3. The first-order valence-corrected chi connectivity index (χ1v) is 9.61. The van der Waals surface area contributed by atoms with Crippen LogP contribution in [-0.2, 0) is 4.74 Å². The number of aliphatic hydroxyl groups excluding tert-OH is 3. The van der Waals surface area contributed by atoms with E-state index in [2.05, 4.69) is 17.2 Å². The summed E-state index contributed by atoms with van der Waals surface area (Å²) < 4.78 is 11.1. The number of carbonyl (C=O) groups is 1. The third kappa shape index (κ3) is 4.81. The summed E-state index contributed by atoms with van der Waals surface area (Å²) in [7, 11) is 3.10. The summed E-state index contributed by atoms with van der Waals surface area (Å²) in [5, 5.41) is 32.4. The minimum Gasteiger partial charge on any atom is -0.495 e. The zero-order valence-electron chi connectivity index (χ0n) is 16.8. The highest BCUT2D eigenvalue weighted by Gasteiger charge is 2.37. The molecule has 7 heteroatoms.